The number of hydrogen-bond donors (Lipinski definition) is 2. The van der Waals surface area contributed by atoms with Crippen molar-refractivity contribution in [2.75, 3.05) is 0 Å². The average molecular weight is 359 g/mol. The number of imide groups is 1. The van der Waals surface area contributed by atoms with Crippen LogP contribution in [-0.2, 0) is 20.9 Å². The minimum absolute atomic E-state index is 0.269. The van der Waals surface area contributed by atoms with Crippen LogP contribution in [0.15, 0.2) is 22.7 Å². The summed E-state index contributed by atoms with van der Waals surface area (Å²) in [6, 6.07) is 5.39. The Kier molecular flexibility index (Phi) is 4.67. The Bertz CT molecular complexity index is 865. The van der Waals surface area contributed by atoms with E-state index in [1.165, 1.54) is 0 Å². The van der Waals surface area contributed by atoms with Gasteiger partial charge in [-0.3, -0.25) is 14.9 Å². The fourth-order valence-electron chi connectivity index (χ4n) is 2.81. The monoisotopic (exact) mass is 359 g/mol. The first-order valence-electron chi connectivity index (χ1n) is 8.42. The second kappa shape index (κ2) is 6.78. The van der Waals surface area contributed by atoms with Crippen LogP contribution in [0.1, 0.15) is 50.8 Å². The number of hydrogen-bond acceptors (Lipinski definition) is 6. The molecule has 1 aromatic heterocycles. The van der Waals surface area contributed by atoms with Crippen molar-refractivity contribution in [2.24, 2.45) is 0 Å². The highest BCUT2D eigenvalue weighted by atomic mass is 16.6. The second-order valence-electron chi connectivity index (χ2n) is 7.26. The van der Waals surface area contributed by atoms with Gasteiger partial charge in [-0.1, -0.05) is 11.2 Å². The van der Waals surface area contributed by atoms with Gasteiger partial charge in [-0.05, 0) is 44.9 Å². The van der Waals surface area contributed by atoms with Gasteiger partial charge in [-0.15, -0.1) is 0 Å². The third-order valence-corrected chi connectivity index (χ3v) is 3.97. The normalized spacial score (nSPS) is 17.9. The number of benzene rings is 1. The number of alkyl carbamates (subject to hydrolysis) is 1. The summed E-state index contributed by atoms with van der Waals surface area (Å²) in [6.07, 6.45) is 0.191. The number of carbonyl (C=O) groups excluding carboxylic acids is 3. The number of rotatable bonds is 3. The van der Waals surface area contributed by atoms with E-state index in [9.17, 15) is 14.4 Å². The zero-order valence-electron chi connectivity index (χ0n) is 14.9. The van der Waals surface area contributed by atoms with E-state index in [0.717, 1.165) is 10.9 Å². The molecule has 0 saturated carbocycles. The van der Waals surface area contributed by atoms with Crippen LogP contribution in [0.3, 0.4) is 0 Å². The van der Waals surface area contributed by atoms with Gasteiger partial charge in [-0.2, -0.15) is 0 Å². The molecule has 1 aromatic carbocycles. The first-order chi connectivity index (χ1) is 12.2. The molecule has 0 aliphatic carbocycles. The average Bonchev–Trinajstić information content (AvgIpc) is 2.94. The number of amides is 3. The van der Waals surface area contributed by atoms with Crippen LogP contribution in [0.2, 0.25) is 0 Å². The highest BCUT2D eigenvalue weighted by molar-refractivity contribution is 6.02. The molecule has 1 atom stereocenters. The van der Waals surface area contributed by atoms with Gasteiger partial charge in [0.2, 0.25) is 11.8 Å². The largest absolute Gasteiger partial charge is 0.444 e. The summed E-state index contributed by atoms with van der Waals surface area (Å²) in [5.41, 5.74) is 1.30. The summed E-state index contributed by atoms with van der Waals surface area (Å²) in [7, 11) is 0. The Hall–Kier alpha value is -2.90. The van der Waals surface area contributed by atoms with Crippen LogP contribution in [0, 0.1) is 0 Å². The van der Waals surface area contributed by atoms with Crippen molar-refractivity contribution in [3.05, 3.63) is 29.5 Å². The fraction of sp³-hybridized carbons (Fsp3) is 0.444. The molecule has 2 aromatic rings. The Morgan fingerprint density at radius 1 is 1.38 bits per heavy atom. The molecule has 1 unspecified atom stereocenters. The van der Waals surface area contributed by atoms with Gasteiger partial charge >= 0.3 is 6.09 Å². The Labute approximate surface area is 150 Å². The van der Waals surface area contributed by atoms with Crippen molar-refractivity contribution in [1.82, 2.24) is 15.8 Å². The molecule has 0 spiro atoms. The SMILES string of the molecule is CC(C)(C)OC(=O)NCc1ccc2c(C3CCC(=O)NC3=O)noc2c1. The molecule has 8 heteroatoms. The van der Waals surface area contributed by atoms with E-state index in [1.807, 2.05) is 6.07 Å². The first-order valence-corrected chi connectivity index (χ1v) is 8.42. The summed E-state index contributed by atoms with van der Waals surface area (Å²) in [5, 5.41) is 9.74. The van der Waals surface area contributed by atoms with Crippen LogP contribution in [-0.4, -0.2) is 28.7 Å². The van der Waals surface area contributed by atoms with Gasteiger partial charge in [0, 0.05) is 18.4 Å². The smallest absolute Gasteiger partial charge is 0.407 e. The van der Waals surface area contributed by atoms with E-state index in [-0.39, 0.29) is 24.8 Å². The number of aromatic nitrogens is 1. The van der Waals surface area contributed by atoms with Gasteiger partial charge in [-0.25, -0.2) is 4.79 Å². The lowest BCUT2D eigenvalue weighted by molar-refractivity contribution is -0.134. The van der Waals surface area contributed by atoms with Crippen molar-refractivity contribution >= 4 is 28.9 Å². The molecule has 1 saturated heterocycles. The number of nitrogens with zero attached hydrogens (tertiary/aromatic N) is 1. The Morgan fingerprint density at radius 2 is 2.15 bits per heavy atom. The van der Waals surface area contributed by atoms with Crippen LogP contribution < -0.4 is 10.6 Å². The standard InChI is InChI=1S/C18H21N3O5/c1-18(2,3)25-17(24)19-9-10-4-5-11-13(8-10)26-21-15(11)12-6-7-14(22)20-16(12)23/h4-5,8,12H,6-7,9H2,1-3H3,(H,19,24)(H,20,22,23). The lowest BCUT2D eigenvalue weighted by Gasteiger charge is -2.19. The van der Waals surface area contributed by atoms with Crippen LogP contribution >= 0.6 is 0 Å². The van der Waals surface area contributed by atoms with Gasteiger partial charge in [0.1, 0.15) is 11.3 Å². The molecule has 26 heavy (non-hydrogen) atoms. The van der Waals surface area contributed by atoms with E-state index in [4.69, 9.17) is 9.26 Å². The van der Waals surface area contributed by atoms with Gasteiger partial charge in [0.15, 0.2) is 5.58 Å². The van der Waals surface area contributed by atoms with Gasteiger partial charge in [0.25, 0.3) is 0 Å². The number of ether oxygens (including phenoxy) is 1. The highest BCUT2D eigenvalue weighted by Gasteiger charge is 2.31. The van der Waals surface area contributed by atoms with Crippen molar-refractivity contribution in [1.29, 1.82) is 0 Å². The number of carbonyl (C=O) groups is 3. The predicted octanol–water partition coefficient (Wildman–Crippen LogP) is 2.37. The molecule has 138 valence electrons. The lowest BCUT2D eigenvalue weighted by atomic mass is 9.92. The summed E-state index contributed by atoms with van der Waals surface area (Å²) < 4.78 is 10.5. The summed E-state index contributed by atoms with van der Waals surface area (Å²) in [4.78, 5) is 35.0. The number of nitrogens with one attached hydrogen (secondary N) is 2. The molecule has 1 fully saturated rings. The minimum atomic E-state index is -0.560. The van der Waals surface area contributed by atoms with E-state index < -0.39 is 17.6 Å². The van der Waals surface area contributed by atoms with Crippen molar-refractivity contribution in [2.45, 2.75) is 51.7 Å². The number of fused-ring (bicyclic) bond motifs is 1. The molecule has 8 nitrogen and oxygen atoms in total. The van der Waals surface area contributed by atoms with Crippen molar-refractivity contribution < 1.29 is 23.6 Å². The molecule has 1 aliphatic heterocycles. The van der Waals surface area contributed by atoms with E-state index in [0.29, 0.717) is 17.7 Å². The molecule has 2 N–H and O–H groups in total. The summed E-state index contributed by atoms with van der Waals surface area (Å²) >= 11 is 0. The van der Waals surface area contributed by atoms with Crippen molar-refractivity contribution in [3.8, 4) is 0 Å². The van der Waals surface area contributed by atoms with Crippen LogP contribution in [0.25, 0.3) is 11.0 Å². The topological polar surface area (TPSA) is 111 Å². The molecule has 0 radical (unpaired) electrons. The Morgan fingerprint density at radius 3 is 2.85 bits per heavy atom. The third kappa shape index (κ3) is 4.01. The van der Waals surface area contributed by atoms with Crippen molar-refractivity contribution in [3.63, 3.8) is 0 Å². The van der Waals surface area contributed by atoms with Gasteiger partial charge < -0.3 is 14.6 Å². The highest BCUT2D eigenvalue weighted by Crippen LogP contribution is 2.30. The summed E-state index contributed by atoms with van der Waals surface area (Å²) in [6.45, 7) is 5.66. The number of piperidine rings is 1. The van der Waals surface area contributed by atoms with Crippen LogP contribution in [0.5, 0.6) is 0 Å². The third-order valence-electron chi connectivity index (χ3n) is 3.97. The molecular formula is C18H21N3O5. The quantitative estimate of drug-likeness (QED) is 0.814. The maximum absolute atomic E-state index is 12.0. The molecule has 3 rings (SSSR count). The minimum Gasteiger partial charge on any atom is -0.444 e. The van der Waals surface area contributed by atoms with Gasteiger partial charge in [0.05, 0.1) is 5.92 Å². The second-order valence-corrected chi connectivity index (χ2v) is 7.26. The molecule has 2 heterocycles. The van der Waals surface area contributed by atoms with Crippen LogP contribution in [0.4, 0.5) is 4.79 Å². The Balaban J connectivity index is 1.72. The maximum atomic E-state index is 12.0. The summed E-state index contributed by atoms with van der Waals surface area (Å²) in [5.74, 6) is -1.12. The van der Waals surface area contributed by atoms with E-state index >= 15 is 0 Å². The fourth-order valence-corrected chi connectivity index (χ4v) is 2.81. The maximum Gasteiger partial charge on any atom is 0.407 e. The predicted molar refractivity (Wildman–Crippen MR) is 92.2 cm³/mol. The molecule has 1 aliphatic rings. The zero-order chi connectivity index (χ0) is 18.9. The first kappa shape index (κ1) is 17.9. The van der Waals surface area contributed by atoms with E-state index in [2.05, 4.69) is 15.8 Å². The zero-order valence-corrected chi connectivity index (χ0v) is 14.9. The molecule has 0 bridgehead atoms. The van der Waals surface area contributed by atoms with E-state index in [1.54, 1.807) is 32.9 Å². The lowest BCUT2D eigenvalue weighted by Crippen LogP contribution is -2.39. The molecule has 3 amide bonds. The molecular weight excluding hydrogens is 338 g/mol.